The predicted molar refractivity (Wildman–Crippen MR) is 130 cm³/mol. The molecule has 0 aliphatic heterocycles. The number of amides is 1. The highest BCUT2D eigenvalue weighted by Gasteiger charge is 2.29. The normalized spacial score (nSPS) is 13.1. The van der Waals surface area contributed by atoms with Crippen molar-refractivity contribution in [1.82, 2.24) is 14.5 Å². The maximum absolute atomic E-state index is 13.4. The largest absolute Gasteiger partial charge is 0.482 e. The van der Waals surface area contributed by atoms with E-state index in [1.165, 1.54) is 4.57 Å². The van der Waals surface area contributed by atoms with Crippen LogP contribution in [0.5, 0.6) is 5.75 Å². The van der Waals surface area contributed by atoms with Crippen LogP contribution in [-0.2, 0) is 16.1 Å². The Morgan fingerprint density at radius 3 is 2.69 bits per heavy atom. The van der Waals surface area contributed by atoms with Crippen molar-refractivity contribution in [2.45, 2.75) is 46.1 Å². The van der Waals surface area contributed by atoms with Crippen LogP contribution in [-0.4, -0.2) is 39.6 Å². The zero-order valence-electron chi connectivity index (χ0n) is 19.9. The first-order valence-corrected chi connectivity index (χ1v) is 11.6. The van der Waals surface area contributed by atoms with Crippen LogP contribution >= 0.6 is 0 Å². The summed E-state index contributed by atoms with van der Waals surface area (Å²) in [7, 11) is 0. The van der Waals surface area contributed by atoms with Crippen molar-refractivity contribution in [3.63, 3.8) is 0 Å². The van der Waals surface area contributed by atoms with E-state index in [1.807, 2.05) is 13.8 Å². The molecule has 0 spiro atoms. The molecule has 35 heavy (non-hydrogen) atoms. The van der Waals surface area contributed by atoms with Crippen molar-refractivity contribution < 1.29 is 19.1 Å². The molecule has 10 heteroatoms. The maximum atomic E-state index is 13.4. The lowest BCUT2D eigenvalue weighted by molar-refractivity contribution is -0.145. The van der Waals surface area contributed by atoms with Crippen molar-refractivity contribution in [2.75, 3.05) is 18.5 Å². The minimum Gasteiger partial charge on any atom is -0.482 e. The molecule has 1 amide bonds. The molecule has 10 nitrogen and oxygen atoms in total. The Kier molecular flexibility index (Phi) is 6.99. The van der Waals surface area contributed by atoms with Gasteiger partial charge in [-0.1, -0.05) is 19.9 Å². The van der Waals surface area contributed by atoms with Crippen LogP contribution in [0, 0.1) is 5.92 Å². The molecule has 0 unspecified atom stereocenters. The second kappa shape index (κ2) is 10.1. The highest BCUT2D eigenvalue weighted by molar-refractivity contribution is 6.12. The number of aromatic amines is 1. The number of aromatic nitrogens is 3. The van der Waals surface area contributed by atoms with Gasteiger partial charge >= 0.3 is 11.7 Å². The average Bonchev–Trinajstić information content (AvgIpc) is 3.65. The fourth-order valence-corrected chi connectivity index (χ4v) is 3.80. The van der Waals surface area contributed by atoms with Gasteiger partial charge in [0.2, 0.25) is 0 Å². The molecular weight excluding hydrogens is 452 g/mol. The molecule has 1 aliphatic rings. The number of ether oxygens (including phenoxy) is 2. The number of esters is 1. The minimum absolute atomic E-state index is 0.0712. The maximum Gasteiger partial charge on any atom is 0.344 e. The summed E-state index contributed by atoms with van der Waals surface area (Å²) >= 11 is 0. The summed E-state index contributed by atoms with van der Waals surface area (Å²) < 4.78 is 11.7. The molecule has 0 saturated heterocycles. The van der Waals surface area contributed by atoms with Crippen LogP contribution in [0.4, 0.5) is 5.69 Å². The van der Waals surface area contributed by atoms with E-state index < -0.39 is 23.1 Å². The van der Waals surface area contributed by atoms with Crippen LogP contribution in [0.15, 0.2) is 39.9 Å². The number of hydrogen-bond acceptors (Lipinski definition) is 7. The molecule has 0 atom stereocenters. The SMILES string of the molecule is CCOC(=O)COc1cccc(NC(=O)c2cc(C3CC3)nc3c2c(=O)[nH]c(=O)n3CC(C)C)c1. The molecule has 3 aromatic rings. The second-order valence-corrected chi connectivity index (χ2v) is 8.91. The van der Waals surface area contributed by atoms with E-state index in [0.717, 1.165) is 12.8 Å². The lowest BCUT2D eigenvalue weighted by Gasteiger charge is -2.15. The van der Waals surface area contributed by atoms with Crippen molar-refractivity contribution in [3.8, 4) is 5.75 Å². The van der Waals surface area contributed by atoms with Crippen molar-refractivity contribution in [2.24, 2.45) is 5.92 Å². The highest BCUT2D eigenvalue weighted by Crippen LogP contribution is 2.40. The smallest absolute Gasteiger partial charge is 0.344 e. The van der Waals surface area contributed by atoms with Crippen LogP contribution in [0.3, 0.4) is 0 Å². The van der Waals surface area contributed by atoms with Gasteiger partial charge in [-0.05, 0) is 43.9 Å². The zero-order valence-corrected chi connectivity index (χ0v) is 19.9. The molecule has 0 bridgehead atoms. The molecule has 2 N–H and O–H groups in total. The first kappa shape index (κ1) is 24.2. The third-order valence-electron chi connectivity index (χ3n) is 5.51. The lowest BCUT2D eigenvalue weighted by Crippen LogP contribution is -2.33. The third kappa shape index (κ3) is 5.59. The number of carbonyl (C=O) groups is 2. The summed E-state index contributed by atoms with van der Waals surface area (Å²) in [6, 6.07) is 8.19. The van der Waals surface area contributed by atoms with Gasteiger partial charge in [0, 0.05) is 29.9 Å². The second-order valence-electron chi connectivity index (χ2n) is 8.91. The molecule has 184 valence electrons. The number of pyridine rings is 1. The van der Waals surface area contributed by atoms with Gasteiger partial charge < -0.3 is 14.8 Å². The Balaban J connectivity index is 1.70. The van der Waals surface area contributed by atoms with Gasteiger partial charge in [-0.25, -0.2) is 14.6 Å². The zero-order chi connectivity index (χ0) is 25.1. The van der Waals surface area contributed by atoms with Gasteiger partial charge in [0.1, 0.15) is 5.75 Å². The number of benzene rings is 1. The van der Waals surface area contributed by atoms with Gasteiger partial charge in [0.05, 0.1) is 17.6 Å². The van der Waals surface area contributed by atoms with Crippen LogP contribution in [0.25, 0.3) is 11.0 Å². The average molecular weight is 481 g/mol. The van der Waals surface area contributed by atoms with Crippen molar-refractivity contribution >= 4 is 28.6 Å². The number of hydrogen-bond donors (Lipinski definition) is 2. The van der Waals surface area contributed by atoms with Gasteiger partial charge in [-0.3, -0.25) is 19.1 Å². The minimum atomic E-state index is -0.656. The highest BCUT2D eigenvalue weighted by atomic mass is 16.6. The van der Waals surface area contributed by atoms with Gasteiger partial charge in [-0.2, -0.15) is 0 Å². The fourth-order valence-electron chi connectivity index (χ4n) is 3.80. The summed E-state index contributed by atoms with van der Waals surface area (Å²) in [4.78, 5) is 57.3. The van der Waals surface area contributed by atoms with E-state index in [0.29, 0.717) is 23.7 Å². The summed E-state index contributed by atoms with van der Waals surface area (Å²) in [6.45, 7) is 5.98. The van der Waals surface area contributed by atoms with E-state index in [-0.39, 0.29) is 41.6 Å². The molecule has 1 fully saturated rings. The Labute approximate surface area is 201 Å². The Bertz CT molecular complexity index is 1390. The Morgan fingerprint density at radius 1 is 1.23 bits per heavy atom. The van der Waals surface area contributed by atoms with Gasteiger partial charge in [-0.15, -0.1) is 0 Å². The molecular formula is C25H28N4O6. The molecule has 4 rings (SSSR count). The first-order chi connectivity index (χ1) is 16.8. The van der Waals surface area contributed by atoms with Crippen molar-refractivity contribution in [3.05, 3.63) is 62.4 Å². The number of carbonyl (C=O) groups excluding carboxylic acids is 2. The van der Waals surface area contributed by atoms with Gasteiger partial charge in [0.15, 0.2) is 12.3 Å². The monoisotopic (exact) mass is 480 g/mol. The standard InChI is InChI=1S/C25H28N4O6/c1-4-34-20(30)13-35-17-7-5-6-16(10-17)26-23(31)18-11-19(15-8-9-15)27-22-21(18)24(32)28-25(33)29(22)12-14(2)3/h5-7,10-11,14-15H,4,8-9,12-13H2,1-3H3,(H,26,31)(H,28,32,33). The van der Waals surface area contributed by atoms with Crippen LogP contribution in [0.2, 0.25) is 0 Å². The first-order valence-electron chi connectivity index (χ1n) is 11.6. The van der Waals surface area contributed by atoms with Gasteiger partial charge in [0.25, 0.3) is 11.5 Å². The molecule has 1 aromatic carbocycles. The number of fused-ring (bicyclic) bond motifs is 1. The summed E-state index contributed by atoms with van der Waals surface area (Å²) in [5.74, 6) is -0.306. The Hall–Kier alpha value is -3.95. The molecule has 0 radical (unpaired) electrons. The Morgan fingerprint density at radius 2 is 2.00 bits per heavy atom. The van der Waals surface area contributed by atoms with E-state index in [2.05, 4.69) is 15.3 Å². The molecule has 2 aromatic heterocycles. The number of H-pyrrole nitrogens is 1. The van der Waals surface area contributed by atoms with E-state index in [9.17, 15) is 19.2 Å². The molecule has 2 heterocycles. The fraction of sp³-hybridized carbons (Fsp3) is 0.400. The molecule has 1 saturated carbocycles. The summed E-state index contributed by atoms with van der Waals surface area (Å²) in [6.07, 6.45) is 1.88. The molecule has 1 aliphatic carbocycles. The number of anilines is 1. The quantitative estimate of drug-likeness (QED) is 0.450. The van der Waals surface area contributed by atoms with E-state index in [1.54, 1.807) is 37.3 Å². The number of nitrogens with zero attached hydrogens (tertiary/aromatic N) is 2. The summed E-state index contributed by atoms with van der Waals surface area (Å²) in [5.41, 5.74) is 0.269. The lowest BCUT2D eigenvalue weighted by atomic mass is 10.1. The summed E-state index contributed by atoms with van der Waals surface area (Å²) in [5, 5.41) is 2.86. The van der Waals surface area contributed by atoms with E-state index in [4.69, 9.17) is 9.47 Å². The number of rotatable bonds is 9. The van der Waals surface area contributed by atoms with Crippen molar-refractivity contribution in [1.29, 1.82) is 0 Å². The van der Waals surface area contributed by atoms with E-state index >= 15 is 0 Å². The van der Waals surface area contributed by atoms with Crippen LogP contribution < -0.4 is 21.3 Å². The number of nitrogens with one attached hydrogen (secondary N) is 2. The third-order valence-corrected chi connectivity index (χ3v) is 5.51. The van der Waals surface area contributed by atoms with Crippen LogP contribution in [0.1, 0.15) is 55.6 Å². The predicted octanol–water partition coefficient (Wildman–Crippen LogP) is 2.81. The topological polar surface area (TPSA) is 132 Å².